The molecular formula is C19H16N4O7. The van der Waals surface area contributed by atoms with E-state index in [1.54, 1.807) is 24.3 Å². The Morgan fingerprint density at radius 3 is 2.70 bits per heavy atom. The van der Waals surface area contributed by atoms with Gasteiger partial charge in [-0.25, -0.2) is 9.69 Å². The topological polar surface area (TPSA) is 151 Å². The predicted octanol–water partition coefficient (Wildman–Crippen LogP) is 1.84. The number of phenolic OH excluding ortho intramolecular Hbond substituents is 1. The van der Waals surface area contributed by atoms with Gasteiger partial charge in [-0.1, -0.05) is 24.3 Å². The molecule has 0 unspecified atom stereocenters. The number of nitro groups is 1. The second-order valence-electron chi connectivity index (χ2n) is 6.10. The van der Waals surface area contributed by atoms with Gasteiger partial charge in [0.05, 0.1) is 17.7 Å². The number of imide groups is 1. The maximum absolute atomic E-state index is 12.5. The van der Waals surface area contributed by atoms with Crippen molar-refractivity contribution in [2.75, 3.05) is 19.0 Å². The lowest BCUT2D eigenvalue weighted by Gasteiger charge is -2.13. The number of hydrogen-bond donors (Lipinski definition) is 3. The summed E-state index contributed by atoms with van der Waals surface area (Å²) in [5.41, 5.74) is -0.447. The molecule has 1 aliphatic rings. The first kappa shape index (κ1) is 20.3. The number of phenols is 1. The summed E-state index contributed by atoms with van der Waals surface area (Å²) < 4.78 is 5.12. The van der Waals surface area contributed by atoms with Gasteiger partial charge in [0, 0.05) is 11.6 Å². The molecule has 11 nitrogen and oxygen atoms in total. The fraction of sp³-hybridized carbons (Fsp3) is 0.105. The molecule has 1 saturated heterocycles. The van der Waals surface area contributed by atoms with Crippen molar-refractivity contribution in [1.29, 1.82) is 0 Å². The molecule has 2 aromatic carbocycles. The lowest BCUT2D eigenvalue weighted by molar-refractivity contribution is -0.385. The Labute approximate surface area is 169 Å². The largest absolute Gasteiger partial charge is 0.502 e. The van der Waals surface area contributed by atoms with E-state index in [9.17, 15) is 29.6 Å². The lowest BCUT2D eigenvalue weighted by Crippen LogP contribution is -2.38. The van der Waals surface area contributed by atoms with E-state index in [-0.39, 0.29) is 11.3 Å². The highest BCUT2D eigenvalue weighted by molar-refractivity contribution is 6.16. The summed E-state index contributed by atoms with van der Waals surface area (Å²) in [6.07, 6.45) is 1.10. The minimum Gasteiger partial charge on any atom is -0.502 e. The van der Waals surface area contributed by atoms with E-state index in [0.717, 1.165) is 12.1 Å². The van der Waals surface area contributed by atoms with Crippen LogP contribution >= 0.6 is 0 Å². The first-order valence-electron chi connectivity index (χ1n) is 8.55. The zero-order valence-electron chi connectivity index (χ0n) is 15.6. The van der Waals surface area contributed by atoms with Crippen molar-refractivity contribution >= 4 is 35.3 Å². The number of urea groups is 1. The third kappa shape index (κ3) is 4.04. The monoisotopic (exact) mass is 412 g/mol. The predicted molar refractivity (Wildman–Crippen MR) is 105 cm³/mol. The van der Waals surface area contributed by atoms with E-state index in [0.29, 0.717) is 16.3 Å². The number of amides is 4. The number of nitrogens with zero attached hydrogens (tertiary/aromatic N) is 2. The van der Waals surface area contributed by atoms with Crippen molar-refractivity contribution < 1.29 is 29.2 Å². The van der Waals surface area contributed by atoms with Gasteiger partial charge in [-0.3, -0.25) is 19.7 Å². The molecule has 0 spiro atoms. The molecule has 3 N–H and O–H groups in total. The highest BCUT2D eigenvalue weighted by Gasteiger charge is 2.35. The Morgan fingerprint density at radius 1 is 1.27 bits per heavy atom. The van der Waals surface area contributed by atoms with Crippen LogP contribution in [0.3, 0.4) is 0 Å². The third-order valence-corrected chi connectivity index (χ3v) is 4.19. The summed E-state index contributed by atoms with van der Waals surface area (Å²) >= 11 is 0. The molecule has 0 bridgehead atoms. The molecule has 0 aliphatic carbocycles. The Balaban J connectivity index is 1.77. The minimum atomic E-state index is -0.841. The number of ether oxygens (including phenoxy) is 1. The van der Waals surface area contributed by atoms with Crippen LogP contribution in [0.25, 0.3) is 6.08 Å². The standard InChI is InChI=1S/C19H16N4O7/c1-30-15-8-3-2-6-12(15)20-16(24)10-22-18(26)13(21-19(22)27)9-11-5-4-7-14(17(11)25)23(28)29/h2-9,25H,10H2,1H3,(H,20,24)(H,21,27)/b13-9+. The molecule has 0 aromatic heterocycles. The van der Waals surface area contributed by atoms with Crippen molar-refractivity contribution in [3.8, 4) is 11.5 Å². The lowest BCUT2D eigenvalue weighted by atomic mass is 10.1. The van der Waals surface area contributed by atoms with E-state index in [4.69, 9.17) is 4.74 Å². The highest BCUT2D eigenvalue weighted by Crippen LogP contribution is 2.31. The quantitative estimate of drug-likeness (QED) is 0.283. The minimum absolute atomic E-state index is 0.0341. The van der Waals surface area contributed by atoms with Crippen molar-refractivity contribution in [2.24, 2.45) is 0 Å². The van der Waals surface area contributed by atoms with Crippen molar-refractivity contribution in [3.63, 3.8) is 0 Å². The van der Waals surface area contributed by atoms with Crippen LogP contribution in [0.4, 0.5) is 16.2 Å². The Kier molecular flexibility index (Phi) is 5.63. The van der Waals surface area contributed by atoms with Crippen LogP contribution in [0.15, 0.2) is 48.2 Å². The molecule has 2 aromatic rings. The second kappa shape index (κ2) is 8.31. The van der Waals surface area contributed by atoms with Crippen LogP contribution in [0.5, 0.6) is 11.5 Å². The van der Waals surface area contributed by atoms with Gasteiger partial charge in [0.15, 0.2) is 0 Å². The van der Waals surface area contributed by atoms with Crippen LogP contribution in [-0.2, 0) is 9.59 Å². The molecule has 11 heteroatoms. The Hall–Kier alpha value is -4.41. The van der Waals surface area contributed by atoms with Gasteiger partial charge in [-0.2, -0.15) is 0 Å². The third-order valence-electron chi connectivity index (χ3n) is 4.19. The van der Waals surface area contributed by atoms with Gasteiger partial charge in [-0.05, 0) is 18.2 Å². The summed E-state index contributed by atoms with van der Waals surface area (Å²) in [5.74, 6) is -1.70. The smallest absolute Gasteiger partial charge is 0.329 e. The summed E-state index contributed by atoms with van der Waals surface area (Å²) in [6.45, 7) is -0.568. The maximum Gasteiger partial charge on any atom is 0.329 e. The summed E-state index contributed by atoms with van der Waals surface area (Å²) in [6, 6.07) is 9.54. The number of rotatable bonds is 6. The number of aromatic hydroxyl groups is 1. The summed E-state index contributed by atoms with van der Waals surface area (Å²) in [7, 11) is 1.43. The summed E-state index contributed by atoms with van der Waals surface area (Å²) in [5, 5.41) is 25.8. The SMILES string of the molecule is COc1ccccc1NC(=O)CN1C(=O)N/C(=C/c2cccc([N+](=O)[O-])c2O)C1=O. The number of nitrogens with one attached hydrogen (secondary N) is 2. The van der Waals surface area contributed by atoms with Gasteiger partial charge >= 0.3 is 11.7 Å². The molecule has 1 heterocycles. The average Bonchev–Trinajstić information content (AvgIpc) is 2.97. The number of hydrogen-bond acceptors (Lipinski definition) is 7. The molecule has 1 aliphatic heterocycles. The molecule has 1 fully saturated rings. The molecule has 3 rings (SSSR count). The van der Waals surface area contributed by atoms with Gasteiger partial charge in [0.1, 0.15) is 18.0 Å². The van der Waals surface area contributed by atoms with Gasteiger partial charge in [-0.15, -0.1) is 0 Å². The number of benzene rings is 2. The number of nitro benzene ring substituents is 1. The van der Waals surface area contributed by atoms with Crippen molar-refractivity contribution in [1.82, 2.24) is 10.2 Å². The fourth-order valence-corrected chi connectivity index (χ4v) is 2.76. The van der Waals surface area contributed by atoms with Crippen LogP contribution in [0.1, 0.15) is 5.56 Å². The van der Waals surface area contributed by atoms with E-state index in [2.05, 4.69) is 10.6 Å². The molecule has 0 saturated carbocycles. The maximum atomic E-state index is 12.5. The highest BCUT2D eigenvalue weighted by atomic mass is 16.6. The fourth-order valence-electron chi connectivity index (χ4n) is 2.76. The first-order valence-corrected chi connectivity index (χ1v) is 8.55. The number of carbonyl (C=O) groups is 3. The number of para-hydroxylation sites is 3. The van der Waals surface area contributed by atoms with Crippen LogP contribution in [-0.4, -0.2) is 46.4 Å². The van der Waals surface area contributed by atoms with Crippen LogP contribution in [0.2, 0.25) is 0 Å². The van der Waals surface area contributed by atoms with Gasteiger partial charge < -0.3 is 20.5 Å². The zero-order valence-corrected chi connectivity index (χ0v) is 15.6. The number of carbonyl (C=O) groups excluding carboxylic acids is 3. The molecule has 154 valence electrons. The van der Waals surface area contributed by atoms with E-state index < -0.39 is 40.8 Å². The average molecular weight is 412 g/mol. The molecule has 30 heavy (non-hydrogen) atoms. The van der Waals surface area contributed by atoms with Crippen molar-refractivity contribution in [3.05, 3.63) is 63.8 Å². The summed E-state index contributed by atoms with van der Waals surface area (Å²) in [4.78, 5) is 47.8. The normalized spacial score (nSPS) is 14.6. The van der Waals surface area contributed by atoms with Crippen molar-refractivity contribution in [2.45, 2.75) is 0 Å². The van der Waals surface area contributed by atoms with E-state index >= 15 is 0 Å². The number of anilines is 1. The van der Waals surface area contributed by atoms with E-state index in [1.807, 2.05) is 0 Å². The first-order chi connectivity index (χ1) is 14.3. The zero-order chi connectivity index (χ0) is 21.8. The number of methoxy groups -OCH3 is 1. The molecular weight excluding hydrogens is 396 g/mol. The van der Waals surface area contributed by atoms with E-state index in [1.165, 1.54) is 19.2 Å². The molecule has 4 amide bonds. The van der Waals surface area contributed by atoms with Crippen LogP contribution < -0.4 is 15.4 Å². The van der Waals surface area contributed by atoms with Gasteiger partial charge in [0.25, 0.3) is 5.91 Å². The van der Waals surface area contributed by atoms with Crippen LogP contribution in [0, 0.1) is 10.1 Å². The second-order valence-corrected chi connectivity index (χ2v) is 6.10. The molecule has 0 radical (unpaired) electrons. The Bertz CT molecular complexity index is 1080. The Morgan fingerprint density at radius 2 is 2.00 bits per heavy atom. The molecule has 0 atom stereocenters. The van der Waals surface area contributed by atoms with Gasteiger partial charge in [0.2, 0.25) is 11.7 Å².